The summed E-state index contributed by atoms with van der Waals surface area (Å²) in [5.74, 6) is -0.372. The van der Waals surface area contributed by atoms with E-state index < -0.39 is 8.46 Å². The summed E-state index contributed by atoms with van der Waals surface area (Å²) in [5.41, 5.74) is 4.71. The zero-order valence-electron chi connectivity index (χ0n) is 3.89. The quantitative estimate of drug-likeness (QED) is 0.517. The van der Waals surface area contributed by atoms with Gasteiger partial charge in [-0.05, 0) is 0 Å². The van der Waals surface area contributed by atoms with Crippen molar-refractivity contribution >= 4 is 14.4 Å². The lowest BCUT2D eigenvalue weighted by Crippen LogP contribution is -2.09. The number of hydrogen-bond donors (Lipinski definition) is 1. The van der Waals surface area contributed by atoms with Gasteiger partial charge >= 0.3 is 0 Å². The molecule has 0 radical (unpaired) electrons. The van der Waals surface area contributed by atoms with Crippen LogP contribution in [0, 0.1) is 0 Å². The summed E-state index contributed by atoms with van der Waals surface area (Å²) >= 11 is 0. The number of carbonyl (C=O) groups excluding carboxylic acids is 1. The minimum absolute atomic E-state index is 0.263. The Morgan fingerprint density at radius 1 is 1.71 bits per heavy atom. The Morgan fingerprint density at radius 3 is 2.43 bits per heavy atom. The highest BCUT2D eigenvalue weighted by molar-refractivity contribution is 7.23. The molecule has 3 nitrogen and oxygen atoms in total. The van der Waals surface area contributed by atoms with Gasteiger partial charge in [0.1, 0.15) is 0 Å². The van der Waals surface area contributed by atoms with Crippen molar-refractivity contribution < 1.29 is 9.36 Å². The Kier molecular flexibility index (Phi) is 3.71. The van der Waals surface area contributed by atoms with Crippen molar-refractivity contribution in [3.8, 4) is 0 Å². The van der Waals surface area contributed by atoms with Gasteiger partial charge in [-0.1, -0.05) is 0 Å². The van der Waals surface area contributed by atoms with Crippen LogP contribution in [-0.4, -0.2) is 12.1 Å². The molecule has 0 aromatic heterocycles. The Bertz CT molecular complexity index is 83.0. The normalized spacial score (nSPS) is 10.3. The molecule has 0 aromatic carbocycles. The molecule has 7 heavy (non-hydrogen) atoms. The van der Waals surface area contributed by atoms with E-state index in [1.165, 1.54) is 0 Å². The highest BCUT2D eigenvalue weighted by atomic mass is 31.1. The standard InChI is InChI=1S/C3H8NO2P/c4-3(5)1-2-7-6/h1-2,7H2,(H2,4,5). The van der Waals surface area contributed by atoms with Crippen LogP contribution >= 0.6 is 8.46 Å². The number of amides is 1. The lowest BCUT2D eigenvalue weighted by molar-refractivity contribution is -0.117. The summed E-state index contributed by atoms with van der Waals surface area (Å²) in [4.78, 5) is 9.85. The summed E-state index contributed by atoms with van der Waals surface area (Å²) < 4.78 is 9.71. The van der Waals surface area contributed by atoms with Gasteiger partial charge in [-0.3, -0.25) is 4.79 Å². The third kappa shape index (κ3) is 5.70. The van der Waals surface area contributed by atoms with E-state index in [0.717, 1.165) is 0 Å². The first-order chi connectivity index (χ1) is 3.27. The van der Waals surface area contributed by atoms with Crippen molar-refractivity contribution in [1.29, 1.82) is 0 Å². The summed E-state index contributed by atoms with van der Waals surface area (Å²) in [6.45, 7) is 0. The van der Waals surface area contributed by atoms with E-state index in [4.69, 9.17) is 5.73 Å². The molecule has 4 heteroatoms. The highest BCUT2D eigenvalue weighted by Gasteiger charge is 1.87. The monoisotopic (exact) mass is 121 g/mol. The van der Waals surface area contributed by atoms with E-state index in [-0.39, 0.29) is 12.3 Å². The van der Waals surface area contributed by atoms with Crippen molar-refractivity contribution in [2.24, 2.45) is 5.73 Å². The average molecular weight is 121 g/mol. The van der Waals surface area contributed by atoms with Crippen molar-refractivity contribution in [2.45, 2.75) is 6.42 Å². The fourth-order valence-electron chi connectivity index (χ4n) is 0.201. The molecular weight excluding hydrogens is 113 g/mol. The first kappa shape index (κ1) is 6.70. The molecule has 0 spiro atoms. The van der Waals surface area contributed by atoms with Crippen molar-refractivity contribution in [2.75, 3.05) is 6.16 Å². The third-order valence-corrected chi connectivity index (χ3v) is 1.03. The molecule has 2 N–H and O–H groups in total. The number of hydrogen-bond acceptors (Lipinski definition) is 2. The first-order valence-corrected chi connectivity index (χ1v) is 3.28. The number of carbonyl (C=O) groups is 1. The van der Waals surface area contributed by atoms with Crippen LogP contribution in [0.25, 0.3) is 0 Å². The van der Waals surface area contributed by atoms with Gasteiger partial charge in [0.2, 0.25) is 5.91 Å². The van der Waals surface area contributed by atoms with E-state index in [0.29, 0.717) is 6.16 Å². The molecular formula is C3H8NO2P. The summed E-state index contributed by atoms with van der Waals surface area (Å²) in [6, 6.07) is 0. The molecule has 0 rings (SSSR count). The van der Waals surface area contributed by atoms with Gasteiger partial charge < -0.3 is 10.3 Å². The molecule has 0 aliphatic heterocycles. The van der Waals surface area contributed by atoms with Crippen molar-refractivity contribution in [3.05, 3.63) is 0 Å². The fraction of sp³-hybridized carbons (Fsp3) is 0.667. The molecule has 0 aromatic rings. The molecule has 0 bridgehead atoms. The number of rotatable bonds is 3. The van der Waals surface area contributed by atoms with E-state index in [1.54, 1.807) is 0 Å². The average Bonchev–Trinajstić information content (AvgIpc) is 1.61. The fourth-order valence-corrected chi connectivity index (χ4v) is 0.604. The van der Waals surface area contributed by atoms with E-state index in [9.17, 15) is 9.36 Å². The summed E-state index contributed by atoms with van der Waals surface area (Å²) in [5, 5.41) is 0. The van der Waals surface area contributed by atoms with Crippen LogP contribution in [0.4, 0.5) is 0 Å². The summed E-state index contributed by atoms with van der Waals surface area (Å²) in [6.07, 6.45) is 0.716. The topological polar surface area (TPSA) is 60.2 Å². The second-order valence-electron chi connectivity index (χ2n) is 1.17. The van der Waals surface area contributed by atoms with Gasteiger partial charge in [0, 0.05) is 12.6 Å². The van der Waals surface area contributed by atoms with Gasteiger partial charge in [0.25, 0.3) is 0 Å². The molecule has 0 heterocycles. The maximum atomic E-state index is 9.85. The first-order valence-electron chi connectivity index (χ1n) is 1.99. The van der Waals surface area contributed by atoms with Crippen LogP contribution in [0.15, 0.2) is 0 Å². The van der Waals surface area contributed by atoms with Crippen LogP contribution in [0.2, 0.25) is 0 Å². The summed E-state index contributed by atoms with van der Waals surface area (Å²) in [7, 11) is -0.790. The molecule has 0 fully saturated rings. The molecule has 1 amide bonds. The maximum absolute atomic E-state index is 9.85. The largest absolute Gasteiger partial charge is 0.370 e. The Labute approximate surface area is 43.1 Å². The predicted octanol–water partition coefficient (Wildman–Crippen LogP) is -0.382. The molecule has 0 saturated carbocycles. The minimum Gasteiger partial charge on any atom is -0.370 e. The lowest BCUT2D eigenvalue weighted by atomic mass is 10.5. The van der Waals surface area contributed by atoms with Gasteiger partial charge in [-0.2, -0.15) is 0 Å². The van der Waals surface area contributed by atoms with Gasteiger partial charge in [-0.25, -0.2) is 0 Å². The Balaban J connectivity index is 2.97. The maximum Gasteiger partial charge on any atom is 0.217 e. The van der Waals surface area contributed by atoms with Crippen LogP contribution in [-0.2, 0) is 9.36 Å². The third-order valence-electron chi connectivity index (χ3n) is 0.509. The second kappa shape index (κ2) is 3.88. The Morgan fingerprint density at radius 2 is 2.29 bits per heavy atom. The molecule has 1 atom stereocenters. The predicted molar refractivity (Wildman–Crippen MR) is 29.1 cm³/mol. The lowest BCUT2D eigenvalue weighted by Gasteiger charge is -1.81. The van der Waals surface area contributed by atoms with Crippen molar-refractivity contribution in [1.82, 2.24) is 0 Å². The minimum atomic E-state index is -0.790. The van der Waals surface area contributed by atoms with Gasteiger partial charge in [0.05, 0.1) is 8.46 Å². The highest BCUT2D eigenvalue weighted by Crippen LogP contribution is 1.91. The van der Waals surface area contributed by atoms with Crippen molar-refractivity contribution in [3.63, 3.8) is 0 Å². The zero-order chi connectivity index (χ0) is 5.70. The molecule has 0 aliphatic carbocycles. The number of primary amides is 1. The molecule has 1 unspecified atom stereocenters. The molecule has 42 valence electrons. The molecule has 0 saturated heterocycles. The molecule has 0 aliphatic rings. The second-order valence-corrected chi connectivity index (χ2v) is 2.08. The van der Waals surface area contributed by atoms with Crippen LogP contribution < -0.4 is 5.73 Å². The van der Waals surface area contributed by atoms with E-state index >= 15 is 0 Å². The SMILES string of the molecule is NC(=O)CC[PH2]=O. The van der Waals surface area contributed by atoms with E-state index in [1.807, 2.05) is 0 Å². The van der Waals surface area contributed by atoms with Crippen LogP contribution in [0.3, 0.4) is 0 Å². The zero-order valence-corrected chi connectivity index (χ0v) is 5.04. The van der Waals surface area contributed by atoms with Gasteiger partial charge in [0.15, 0.2) is 0 Å². The smallest absolute Gasteiger partial charge is 0.217 e. The number of nitrogens with two attached hydrogens (primary N) is 1. The van der Waals surface area contributed by atoms with E-state index in [2.05, 4.69) is 0 Å². The van der Waals surface area contributed by atoms with Crippen LogP contribution in [0.5, 0.6) is 0 Å². The van der Waals surface area contributed by atoms with Gasteiger partial charge in [-0.15, -0.1) is 0 Å². The van der Waals surface area contributed by atoms with Crippen LogP contribution in [0.1, 0.15) is 6.42 Å². The Hall–Kier alpha value is -0.300.